The van der Waals surface area contributed by atoms with Crippen molar-refractivity contribution in [3.8, 4) is 0 Å². The predicted octanol–water partition coefficient (Wildman–Crippen LogP) is 2.61. The fourth-order valence-corrected chi connectivity index (χ4v) is 2.94. The third-order valence-electron chi connectivity index (χ3n) is 3.89. The van der Waals surface area contributed by atoms with Crippen LogP contribution < -0.4 is 5.32 Å². The van der Waals surface area contributed by atoms with Crippen molar-refractivity contribution in [3.63, 3.8) is 0 Å². The van der Waals surface area contributed by atoms with Gasteiger partial charge in [0.05, 0.1) is 35.4 Å². The fraction of sp³-hybridized carbons (Fsp3) is 0.312. The average molecular weight is 342 g/mol. The van der Waals surface area contributed by atoms with Crippen LogP contribution in [0.3, 0.4) is 0 Å². The first-order chi connectivity index (χ1) is 11.6. The molecule has 8 heteroatoms. The average Bonchev–Trinajstić information content (AvgIpc) is 3.15. The van der Waals surface area contributed by atoms with Crippen LogP contribution in [0.2, 0.25) is 0 Å². The van der Waals surface area contributed by atoms with Crippen molar-refractivity contribution in [1.82, 2.24) is 23.7 Å². The fourth-order valence-electron chi connectivity index (χ4n) is 2.39. The largest absolute Gasteiger partial charge is 0.320 e. The van der Waals surface area contributed by atoms with E-state index in [9.17, 15) is 4.79 Å². The zero-order valence-electron chi connectivity index (χ0n) is 13.8. The van der Waals surface area contributed by atoms with Crippen molar-refractivity contribution in [2.45, 2.75) is 33.7 Å². The summed E-state index contributed by atoms with van der Waals surface area (Å²) in [7, 11) is 0. The summed E-state index contributed by atoms with van der Waals surface area (Å²) >= 11 is 1.17. The minimum atomic E-state index is -0.257. The molecule has 124 valence electrons. The molecule has 1 amide bonds. The summed E-state index contributed by atoms with van der Waals surface area (Å²) in [5, 5.41) is 11.0. The molecule has 0 radical (unpaired) electrons. The van der Waals surface area contributed by atoms with E-state index in [4.69, 9.17) is 0 Å². The third-order valence-corrected chi connectivity index (χ3v) is 4.55. The van der Waals surface area contributed by atoms with Gasteiger partial charge in [0.25, 0.3) is 5.91 Å². The smallest absolute Gasteiger partial charge is 0.278 e. The summed E-state index contributed by atoms with van der Waals surface area (Å²) in [5.41, 5.74) is 4.63. The Hall–Kier alpha value is -2.61. The van der Waals surface area contributed by atoms with Gasteiger partial charge in [-0.15, -0.1) is 5.10 Å². The molecular formula is C16H18N6OS. The highest BCUT2D eigenvalue weighted by atomic mass is 32.1. The second-order valence-corrected chi connectivity index (χ2v) is 5.97. The Bertz CT molecular complexity index is 869. The van der Waals surface area contributed by atoms with Crippen LogP contribution in [0.1, 0.15) is 40.1 Å². The zero-order chi connectivity index (χ0) is 17.1. The lowest BCUT2D eigenvalue weighted by Gasteiger charge is -2.08. The number of hydrogen-bond acceptors (Lipinski definition) is 6. The van der Waals surface area contributed by atoms with E-state index in [0.29, 0.717) is 17.9 Å². The van der Waals surface area contributed by atoms with Gasteiger partial charge in [0, 0.05) is 5.69 Å². The number of aryl methyl sites for hydroxylation is 2. The van der Waals surface area contributed by atoms with Gasteiger partial charge in [0.1, 0.15) is 0 Å². The van der Waals surface area contributed by atoms with Gasteiger partial charge in [0.2, 0.25) is 0 Å². The number of carbonyl (C=O) groups excluding carboxylic acids is 1. The minimum Gasteiger partial charge on any atom is -0.320 e. The maximum absolute atomic E-state index is 12.5. The van der Waals surface area contributed by atoms with Gasteiger partial charge in [-0.1, -0.05) is 30.3 Å². The van der Waals surface area contributed by atoms with Crippen LogP contribution in [0.15, 0.2) is 24.3 Å². The zero-order valence-corrected chi connectivity index (χ0v) is 14.6. The summed E-state index contributed by atoms with van der Waals surface area (Å²) in [6.07, 6.45) is 0.845. The summed E-state index contributed by atoms with van der Waals surface area (Å²) < 4.78 is 10.1. The molecule has 0 saturated carbocycles. The predicted molar refractivity (Wildman–Crippen MR) is 92.3 cm³/mol. The highest BCUT2D eigenvalue weighted by Gasteiger charge is 2.18. The number of para-hydroxylation sites is 1. The van der Waals surface area contributed by atoms with Crippen molar-refractivity contribution >= 4 is 23.3 Å². The van der Waals surface area contributed by atoms with Gasteiger partial charge < -0.3 is 5.32 Å². The van der Waals surface area contributed by atoms with Crippen LogP contribution in [0.5, 0.6) is 0 Å². The van der Waals surface area contributed by atoms with E-state index in [1.54, 1.807) is 4.68 Å². The second kappa shape index (κ2) is 6.88. The Balaban J connectivity index is 1.80. The van der Waals surface area contributed by atoms with Crippen molar-refractivity contribution in [2.24, 2.45) is 0 Å². The molecule has 0 fully saturated rings. The summed E-state index contributed by atoms with van der Waals surface area (Å²) in [5.74, 6) is -0.257. The van der Waals surface area contributed by atoms with E-state index >= 15 is 0 Å². The molecule has 3 aromatic rings. The summed E-state index contributed by atoms with van der Waals surface area (Å²) in [6.45, 7) is 6.24. The lowest BCUT2D eigenvalue weighted by Crippen LogP contribution is -2.15. The molecule has 2 aromatic heterocycles. The number of benzene rings is 1. The summed E-state index contributed by atoms with van der Waals surface area (Å²) in [6, 6.07) is 7.74. The lowest BCUT2D eigenvalue weighted by molar-refractivity contribution is 0.102. The summed E-state index contributed by atoms with van der Waals surface area (Å²) in [4.78, 5) is 12.5. The number of rotatable bonds is 5. The normalized spacial score (nSPS) is 10.8. The molecule has 0 unspecified atom stereocenters. The van der Waals surface area contributed by atoms with E-state index in [2.05, 4.69) is 31.3 Å². The monoisotopic (exact) mass is 342 g/mol. The minimum absolute atomic E-state index is 0.257. The van der Waals surface area contributed by atoms with Crippen molar-refractivity contribution in [3.05, 3.63) is 52.6 Å². The maximum Gasteiger partial charge on any atom is 0.278 e. The molecule has 0 aliphatic rings. The van der Waals surface area contributed by atoms with Crippen LogP contribution in [0.25, 0.3) is 0 Å². The first-order valence-corrected chi connectivity index (χ1v) is 8.40. The van der Waals surface area contributed by atoms with Gasteiger partial charge in [0.15, 0.2) is 5.69 Å². The van der Waals surface area contributed by atoms with E-state index < -0.39 is 0 Å². The maximum atomic E-state index is 12.5. The number of amides is 1. The highest BCUT2D eigenvalue weighted by Crippen LogP contribution is 2.17. The van der Waals surface area contributed by atoms with Crippen molar-refractivity contribution in [1.29, 1.82) is 0 Å². The van der Waals surface area contributed by atoms with Gasteiger partial charge in [-0.05, 0) is 31.9 Å². The van der Waals surface area contributed by atoms with Crippen LogP contribution in [0.4, 0.5) is 5.69 Å². The Morgan fingerprint density at radius 2 is 2.04 bits per heavy atom. The second-order valence-electron chi connectivity index (χ2n) is 5.44. The lowest BCUT2D eigenvalue weighted by atomic mass is 10.1. The van der Waals surface area contributed by atoms with Crippen LogP contribution in [0, 0.1) is 13.8 Å². The van der Waals surface area contributed by atoms with Crippen LogP contribution in [-0.2, 0) is 13.0 Å². The number of nitrogens with zero attached hydrogens (tertiary/aromatic N) is 5. The van der Waals surface area contributed by atoms with E-state index in [0.717, 1.165) is 29.1 Å². The van der Waals surface area contributed by atoms with Gasteiger partial charge in [-0.3, -0.25) is 4.79 Å². The number of nitrogens with one attached hydrogen (secondary N) is 1. The first-order valence-electron chi connectivity index (χ1n) is 7.67. The number of aromatic nitrogens is 5. The van der Waals surface area contributed by atoms with Crippen molar-refractivity contribution in [2.75, 3.05) is 5.32 Å². The van der Waals surface area contributed by atoms with Gasteiger partial charge in [-0.2, -0.15) is 8.75 Å². The van der Waals surface area contributed by atoms with E-state index in [-0.39, 0.29) is 5.91 Å². The molecule has 0 aliphatic heterocycles. The highest BCUT2D eigenvalue weighted by molar-refractivity contribution is 6.99. The van der Waals surface area contributed by atoms with Crippen molar-refractivity contribution < 1.29 is 4.79 Å². The first kappa shape index (κ1) is 16.3. The molecule has 0 atom stereocenters. The molecule has 0 bridgehead atoms. The molecule has 0 aliphatic carbocycles. The topological polar surface area (TPSA) is 85.6 Å². The van der Waals surface area contributed by atoms with Gasteiger partial charge in [-0.25, -0.2) is 4.68 Å². The molecule has 1 aromatic carbocycles. The molecule has 24 heavy (non-hydrogen) atoms. The van der Waals surface area contributed by atoms with E-state index in [1.807, 2.05) is 38.1 Å². The molecule has 3 rings (SSSR count). The molecule has 7 nitrogen and oxygen atoms in total. The standard InChI is InChI=1S/C16H18N6OS/c1-4-12-7-5-6-8-13(12)17-16(23)15-11(3)22(21-18-15)9-14-10(2)19-24-20-14/h5-8H,4,9H2,1-3H3,(H,17,23). The van der Waals surface area contributed by atoms with E-state index in [1.165, 1.54) is 11.7 Å². The Morgan fingerprint density at radius 3 is 2.75 bits per heavy atom. The Kier molecular flexibility index (Phi) is 4.66. The van der Waals surface area contributed by atoms with Crippen LogP contribution >= 0.6 is 11.7 Å². The molecule has 0 spiro atoms. The number of anilines is 1. The molecule has 2 heterocycles. The Labute approximate surface area is 144 Å². The Morgan fingerprint density at radius 1 is 1.25 bits per heavy atom. The number of hydrogen-bond donors (Lipinski definition) is 1. The molecular weight excluding hydrogens is 324 g/mol. The third kappa shape index (κ3) is 3.18. The van der Waals surface area contributed by atoms with Crippen LogP contribution in [-0.4, -0.2) is 29.6 Å². The quantitative estimate of drug-likeness (QED) is 0.770. The molecule has 1 N–H and O–H groups in total. The molecule has 0 saturated heterocycles. The number of carbonyl (C=O) groups is 1. The van der Waals surface area contributed by atoms with Gasteiger partial charge >= 0.3 is 0 Å². The SMILES string of the molecule is CCc1ccccc1NC(=O)c1nnn(Cc2nsnc2C)c1C.